The molecule has 1 amide bonds. The molecule has 1 rings (SSSR count). The maximum Gasteiger partial charge on any atom is 0.465 e. The van der Waals surface area contributed by atoms with Crippen LogP contribution in [-0.2, 0) is 23.9 Å². The highest BCUT2D eigenvalue weighted by Gasteiger charge is 2.68. The summed E-state index contributed by atoms with van der Waals surface area (Å²) in [5, 5.41) is 0. The number of halogens is 20. The van der Waals surface area contributed by atoms with Gasteiger partial charge in [0.15, 0.2) is 11.5 Å². The number of carbonyl (C=O) groups is 4. The van der Waals surface area contributed by atoms with Gasteiger partial charge in [0, 0.05) is 7.05 Å². The van der Waals surface area contributed by atoms with Gasteiger partial charge in [0.05, 0.1) is 6.54 Å². The molecule has 0 aliphatic rings. The van der Waals surface area contributed by atoms with Crippen LogP contribution in [0.3, 0.4) is 0 Å². The van der Waals surface area contributed by atoms with Gasteiger partial charge in [0.25, 0.3) is 0 Å². The maximum atomic E-state index is 13.5. The second kappa shape index (κ2) is 13.2. The van der Waals surface area contributed by atoms with E-state index in [1.54, 1.807) is 0 Å². The van der Waals surface area contributed by atoms with E-state index in [-0.39, 0.29) is 13.1 Å². The van der Waals surface area contributed by atoms with Crippen molar-refractivity contribution in [1.29, 1.82) is 0 Å². The molecule has 49 heavy (non-hydrogen) atoms. The second-order valence-electron chi connectivity index (χ2n) is 8.85. The lowest BCUT2D eigenvalue weighted by Crippen LogP contribution is -2.52. The number of likely N-dealkylation sites (N-methyl/N-ethyl adjacent to an activating group) is 1. The molecule has 0 aromatic heterocycles. The minimum Gasteiger partial charge on any atom is -0.451 e. The molecule has 1 aromatic rings. The Hall–Kier alpha value is -4.30. The van der Waals surface area contributed by atoms with E-state index in [1.165, 1.54) is 0 Å². The Morgan fingerprint density at radius 3 is 1.27 bits per heavy atom. The van der Waals surface area contributed by atoms with E-state index in [2.05, 4.69) is 14.2 Å². The second-order valence-corrected chi connectivity index (χ2v) is 8.85. The molecule has 28 heteroatoms. The van der Waals surface area contributed by atoms with Crippen molar-refractivity contribution in [3.63, 3.8) is 0 Å². The van der Waals surface area contributed by atoms with E-state index < -0.39 is 119 Å². The van der Waals surface area contributed by atoms with Crippen LogP contribution in [0, 0.1) is 0 Å². The SMILES string of the molecule is CN(C[C@H](OC(=O)C(F)(F)C(F)(F)F)c1ccc(OC(=O)C(F)(F)C(F)(F)F)c(OC(=O)C(F)(F)C(F)(F)F)c1)C(=O)C(F)(F)C(F)(F)F. The molecular formula is C21H9F20NO7. The van der Waals surface area contributed by atoms with Gasteiger partial charge in [-0.1, -0.05) is 6.07 Å². The van der Waals surface area contributed by atoms with Gasteiger partial charge in [-0.15, -0.1) is 0 Å². The molecule has 1 aromatic carbocycles. The number of hydrogen-bond donors (Lipinski definition) is 0. The Morgan fingerprint density at radius 2 is 0.898 bits per heavy atom. The maximum absolute atomic E-state index is 13.5. The third kappa shape index (κ3) is 8.84. The number of benzene rings is 1. The summed E-state index contributed by atoms with van der Waals surface area (Å²) in [5.41, 5.74) is -1.68. The average molecular weight is 767 g/mol. The largest absolute Gasteiger partial charge is 0.465 e. The molecule has 1 atom stereocenters. The third-order valence-electron chi connectivity index (χ3n) is 5.24. The highest BCUT2D eigenvalue weighted by atomic mass is 19.4. The van der Waals surface area contributed by atoms with Crippen molar-refractivity contribution in [3.05, 3.63) is 23.8 Å². The topological polar surface area (TPSA) is 99.2 Å². The summed E-state index contributed by atoms with van der Waals surface area (Å²) >= 11 is 0. The summed E-state index contributed by atoms with van der Waals surface area (Å²) in [4.78, 5) is 45.4. The van der Waals surface area contributed by atoms with Gasteiger partial charge in [-0.05, 0) is 17.7 Å². The minimum absolute atomic E-state index is 0.106. The lowest BCUT2D eigenvalue weighted by atomic mass is 10.1. The first kappa shape index (κ1) is 42.7. The Balaban J connectivity index is 3.94. The Kier molecular flexibility index (Phi) is 11.5. The fraction of sp³-hybridized carbons (Fsp3) is 0.524. The Labute approximate surface area is 254 Å². The van der Waals surface area contributed by atoms with Gasteiger partial charge in [0.1, 0.15) is 6.10 Å². The predicted molar refractivity (Wildman–Crippen MR) is 108 cm³/mol. The highest BCUT2D eigenvalue weighted by Crippen LogP contribution is 2.43. The Bertz CT molecular complexity index is 1430. The molecule has 0 spiro atoms. The zero-order valence-corrected chi connectivity index (χ0v) is 22.4. The van der Waals surface area contributed by atoms with E-state index in [0.29, 0.717) is 0 Å². The molecule has 0 bridgehead atoms. The molecule has 0 aliphatic heterocycles. The lowest BCUT2D eigenvalue weighted by Gasteiger charge is -2.29. The first-order valence-corrected chi connectivity index (χ1v) is 11.3. The van der Waals surface area contributed by atoms with Crippen molar-refractivity contribution >= 4 is 23.8 Å². The van der Waals surface area contributed by atoms with Crippen LogP contribution in [-0.4, -0.2) is 90.7 Å². The number of amides is 1. The normalized spacial score (nSPS) is 14.6. The first-order valence-electron chi connectivity index (χ1n) is 11.3. The fourth-order valence-corrected chi connectivity index (χ4v) is 2.67. The molecule has 0 N–H and O–H groups in total. The summed E-state index contributed by atoms with van der Waals surface area (Å²) < 4.78 is 269. The number of nitrogens with zero attached hydrogens (tertiary/aromatic N) is 1. The van der Waals surface area contributed by atoms with Crippen LogP contribution in [0.5, 0.6) is 11.5 Å². The number of alkyl halides is 20. The number of esters is 3. The fourth-order valence-electron chi connectivity index (χ4n) is 2.67. The summed E-state index contributed by atoms with van der Waals surface area (Å²) in [7, 11) is -0.106. The van der Waals surface area contributed by atoms with Crippen LogP contribution < -0.4 is 9.47 Å². The van der Waals surface area contributed by atoms with Crippen LogP contribution >= 0.6 is 0 Å². The van der Waals surface area contributed by atoms with Crippen molar-refractivity contribution in [1.82, 2.24) is 4.90 Å². The summed E-state index contributed by atoms with van der Waals surface area (Å²) in [5.74, 6) is -45.7. The molecule has 0 saturated carbocycles. The van der Waals surface area contributed by atoms with E-state index in [9.17, 15) is 107 Å². The van der Waals surface area contributed by atoms with Crippen molar-refractivity contribution in [2.75, 3.05) is 13.6 Å². The van der Waals surface area contributed by atoms with E-state index in [4.69, 9.17) is 0 Å². The van der Waals surface area contributed by atoms with Crippen LogP contribution in [0.4, 0.5) is 87.8 Å². The molecular weight excluding hydrogens is 758 g/mol. The molecule has 0 aliphatic carbocycles. The molecule has 0 heterocycles. The standard InChI is InChI=1S/C21H9F20NO7/c1-42(10(43)14(22,23)18(30,31)32)5-9(49-13(46)17(28,29)21(39,40)41)6-2-3-7(47-11(44)15(24,25)19(33,34)35)8(4-6)48-12(45)16(26,27)20(36,37)38/h2-4,9H,5H2,1H3/t9-/m0/s1. The number of hydrogen-bond acceptors (Lipinski definition) is 7. The summed E-state index contributed by atoms with van der Waals surface area (Å²) in [6, 6.07) is -1.16. The monoisotopic (exact) mass is 767 g/mol. The van der Waals surface area contributed by atoms with Gasteiger partial charge >= 0.3 is 72.2 Å². The Morgan fingerprint density at radius 1 is 0.551 bits per heavy atom. The number of rotatable bonds is 10. The highest BCUT2D eigenvalue weighted by molar-refractivity contribution is 5.85. The van der Waals surface area contributed by atoms with Gasteiger partial charge < -0.3 is 19.1 Å². The molecule has 0 radical (unpaired) electrons. The van der Waals surface area contributed by atoms with E-state index >= 15 is 0 Å². The van der Waals surface area contributed by atoms with Crippen LogP contribution in [0.1, 0.15) is 11.7 Å². The van der Waals surface area contributed by atoms with Crippen molar-refractivity contribution in [2.45, 2.75) is 54.5 Å². The molecule has 280 valence electrons. The quantitative estimate of drug-likeness (QED) is 0.156. The summed E-state index contributed by atoms with van der Waals surface area (Å²) in [6.45, 7) is -2.23. The number of carbonyl (C=O) groups excluding carboxylic acids is 4. The lowest BCUT2D eigenvalue weighted by molar-refractivity contribution is -0.283. The zero-order valence-electron chi connectivity index (χ0n) is 22.4. The van der Waals surface area contributed by atoms with Crippen LogP contribution in [0.25, 0.3) is 0 Å². The van der Waals surface area contributed by atoms with Gasteiger partial charge in [-0.2, -0.15) is 87.8 Å². The smallest absolute Gasteiger partial charge is 0.451 e. The zero-order chi connectivity index (χ0) is 39.1. The van der Waals surface area contributed by atoms with Gasteiger partial charge in [0.2, 0.25) is 0 Å². The van der Waals surface area contributed by atoms with Crippen molar-refractivity contribution in [2.24, 2.45) is 0 Å². The van der Waals surface area contributed by atoms with Crippen LogP contribution in [0.15, 0.2) is 18.2 Å². The predicted octanol–water partition coefficient (Wildman–Crippen LogP) is 6.33. The van der Waals surface area contributed by atoms with Gasteiger partial charge in [-0.3, -0.25) is 4.79 Å². The van der Waals surface area contributed by atoms with E-state index in [0.717, 1.165) is 0 Å². The third-order valence-corrected chi connectivity index (χ3v) is 5.24. The molecule has 0 saturated heterocycles. The van der Waals surface area contributed by atoms with Gasteiger partial charge in [-0.25, -0.2) is 14.4 Å². The minimum atomic E-state index is -6.91. The van der Waals surface area contributed by atoms with Crippen molar-refractivity contribution in [3.8, 4) is 11.5 Å². The first-order chi connectivity index (χ1) is 21.4. The van der Waals surface area contributed by atoms with Crippen molar-refractivity contribution < 1.29 is 121 Å². The van der Waals surface area contributed by atoms with E-state index in [1.807, 2.05) is 0 Å². The number of ether oxygens (including phenoxy) is 3. The molecule has 8 nitrogen and oxygen atoms in total. The molecule has 0 unspecified atom stereocenters. The summed E-state index contributed by atoms with van der Waals surface area (Å²) in [6.07, 6.45) is -30.7. The molecule has 0 fully saturated rings. The van der Waals surface area contributed by atoms with Crippen LogP contribution in [0.2, 0.25) is 0 Å². The average Bonchev–Trinajstić information content (AvgIpc) is 2.90.